The van der Waals surface area contributed by atoms with Crippen molar-refractivity contribution >= 4 is 11.6 Å². The van der Waals surface area contributed by atoms with Gasteiger partial charge in [0.25, 0.3) is 5.91 Å². The number of rotatable bonds is 6. The van der Waals surface area contributed by atoms with Gasteiger partial charge in [-0.2, -0.15) is 13.2 Å². The molecule has 3 aromatic heterocycles. The summed E-state index contributed by atoms with van der Waals surface area (Å²) in [4.78, 5) is 25.6. The van der Waals surface area contributed by atoms with E-state index in [1.165, 1.54) is 13.4 Å². The molecule has 3 heterocycles. The van der Waals surface area contributed by atoms with Crippen LogP contribution < -0.4 is 10.1 Å². The molecule has 10 heteroatoms. The van der Waals surface area contributed by atoms with Crippen LogP contribution in [0.5, 0.6) is 5.88 Å². The summed E-state index contributed by atoms with van der Waals surface area (Å²) in [5.74, 6) is -1.08. The molecule has 1 unspecified atom stereocenters. The Morgan fingerprint density at radius 2 is 2.07 bits per heavy atom. The van der Waals surface area contributed by atoms with Crippen molar-refractivity contribution in [3.8, 4) is 17.3 Å². The van der Waals surface area contributed by atoms with E-state index in [1.807, 2.05) is 6.92 Å². The maximum atomic E-state index is 13.3. The highest BCUT2D eigenvalue weighted by atomic mass is 19.4. The molecule has 0 radical (unpaired) electrons. The van der Waals surface area contributed by atoms with Gasteiger partial charge in [0.2, 0.25) is 5.88 Å². The van der Waals surface area contributed by atoms with E-state index in [4.69, 9.17) is 4.74 Å². The molecule has 4 rings (SSSR count). The number of halogens is 3. The van der Waals surface area contributed by atoms with Gasteiger partial charge in [-0.05, 0) is 37.3 Å². The van der Waals surface area contributed by atoms with Gasteiger partial charge in [-0.1, -0.05) is 13.0 Å². The summed E-state index contributed by atoms with van der Waals surface area (Å²) in [6.45, 7) is 1.92. The molecule has 3 aromatic rings. The van der Waals surface area contributed by atoms with Gasteiger partial charge in [0, 0.05) is 11.8 Å². The monoisotopic (exact) mass is 419 g/mol. The van der Waals surface area contributed by atoms with Gasteiger partial charge in [0.05, 0.1) is 18.5 Å². The number of imidazole rings is 1. The fourth-order valence-corrected chi connectivity index (χ4v) is 3.37. The van der Waals surface area contributed by atoms with Gasteiger partial charge in [-0.3, -0.25) is 9.20 Å². The van der Waals surface area contributed by atoms with Gasteiger partial charge in [0.1, 0.15) is 12.4 Å². The molecule has 1 atom stereocenters. The Bertz CT molecular complexity index is 1090. The number of ether oxygens (including phenoxy) is 1. The van der Waals surface area contributed by atoms with Crippen LogP contribution in [-0.4, -0.2) is 44.6 Å². The minimum Gasteiger partial charge on any atom is -0.481 e. The van der Waals surface area contributed by atoms with E-state index in [1.54, 1.807) is 28.7 Å². The fourth-order valence-electron chi connectivity index (χ4n) is 3.37. The second-order valence-corrected chi connectivity index (χ2v) is 7.17. The third-order valence-electron chi connectivity index (χ3n) is 5.09. The van der Waals surface area contributed by atoms with Crippen molar-refractivity contribution in [1.82, 2.24) is 24.7 Å². The summed E-state index contributed by atoms with van der Waals surface area (Å²) in [5, 5.41) is 2.11. The normalized spacial score (nSPS) is 15.2. The topological polar surface area (TPSA) is 81.4 Å². The first-order valence-corrected chi connectivity index (χ1v) is 9.57. The van der Waals surface area contributed by atoms with E-state index in [0.29, 0.717) is 36.5 Å². The van der Waals surface area contributed by atoms with Crippen LogP contribution in [0.15, 0.2) is 30.6 Å². The van der Waals surface area contributed by atoms with Crippen molar-refractivity contribution < 1.29 is 22.7 Å². The van der Waals surface area contributed by atoms with E-state index in [9.17, 15) is 18.0 Å². The average Bonchev–Trinajstić information content (AvgIpc) is 3.47. The Kier molecular flexibility index (Phi) is 5.08. The minimum absolute atomic E-state index is 0.149. The molecule has 1 fully saturated rings. The second-order valence-electron chi connectivity index (χ2n) is 7.17. The number of fused-ring (bicyclic) bond motifs is 1. The van der Waals surface area contributed by atoms with Crippen LogP contribution in [0.3, 0.4) is 0 Å². The molecule has 1 N–H and O–H groups in total. The lowest BCUT2D eigenvalue weighted by Crippen LogP contribution is -2.47. The number of nitrogens with one attached hydrogen (secondary N) is 1. The molecule has 0 spiro atoms. The number of hydrogen-bond acceptors (Lipinski definition) is 5. The quantitative estimate of drug-likeness (QED) is 0.662. The number of aryl methyl sites for hydroxylation is 1. The Hall–Kier alpha value is -3.17. The van der Waals surface area contributed by atoms with Crippen LogP contribution in [-0.2, 0) is 6.42 Å². The summed E-state index contributed by atoms with van der Waals surface area (Å²) < 4.78 is 46.7. The smallest absolute Gasteiger partial charge is 0.408 e. The molecule has 1 aliphatic carbocycles. The molecular formula is C20H20F3N5O2. The number of alkyl halides is 3. The van der Waals surface area contributed by atoms with Crippen LogP contribution in [0.2, 0.25) is 0 Å². The second kappa shape index (κ2) is 7.58. The number of nitrogens with zero attached hydrogens (tertiary/aromatic N) is 4. The lowest BCUT2D eigenvalue weighted by Gasteiger charge is -2.20. The summed E-state index contributed by atoms with van der Waals surface area (Å²) in [5.41, 5.74) is 1.82. The summed E-state index contributed by atoms with van der Waals surface area (Å²) in [6, 6.07) is 5.11. The Morgan fingerprint density at radius 3 is 2.70 bits per heavy atom. The average molecular weight is 419 g/mol. The Morgan fingerprint density at radius 1 is 1.30 bits per heavy atom. The van der Waals surface area contributed by atoms with E-state index in [-0.39, 0.29) is 11.3 Å². The van der Waals surface area contributed by atoms with Crippen molar-refractivity contribution in [2.75, 3.05) is 7.11 Å². The predicted molar refractivity (Wildman–Crippen MR) is 102 cm³/mol. The number of aromatic nitrogens is 4. The molecule has 1 amide bonds. The van der Waals surface area contributed by atoms with Gasteiger partial charge >= 0.3 is 6.18 Å². The zero-order chi connectivity index (χ0) is 21.5. The summed E-state index contributed by atoms with van der Waals surface area (Å²) >= 11 is 0. The first-order valence-electron chi connectivity index (χ1n) is 9.57. The summed E-state index contributed by atoms with van der Waals surface area (Å²) in [7, 11) is 1.50. The highest BCUT2D eigenvalue weighted by molar-refractivity contribution is 5.98. The molecule has 1 aliphatic rings. The third kappa shape index (κ3) is 3.81. The maximum Gasteiger partial charge on any atom is 0.408 e. The molecule has 1 saturated carbocycles. The van der Waals surface area contributed by atoms with Crippen molar-refractivity contribution in [3.05, 3.63) is 42.0 Å². The van der Waals surface area contributed by atoms with Crippen LogP contribution in [0.25, 0.3) is 17.0 Å². The SMILES string of the molecule is CCc1cc(-c2cccc(OC)n2)nc2c(C(=O)NC(C3CC3)C(F)(F)F)ncn12. The molecule has 158 valence electrons. The molecule has 30 heavy (non-hydrogen) atoms. The number of pyridine rings is 1. The first-order chi connectivity index (χ1) is 14.3. The summed E-state index contributed by atoms with van der Waals surface area (Å²) in [6.07, 6.45) is -1.63. The largest absolute Gasteiger partial charge is 0.481 e. The number of carbonyl (C=O) groups excluding carboxylic acids is 1. The molecule has 0 aromatic carbocycles. The lowest BCUT2D eigenvalue weighted by molar-refractivity contribution is -0.158. The van der Waals surface area contributed by atoms with E-state index in [2.05, 4.69) is 20.3 Å². The van der Waals surface area contributed by atoms with Gasteiger partial charge in [-0.15, -0.1) is 0 Å². The molecular weight excluding hydrogens is 399 g/mol. The number of carbonyl (C=O) groups is 1. The van der Waals surface area contributed by atoms with Crippen molar-refractivity contribution in [1.29, 1.82) is 0 Å². The molecule has 0 aliphatic heterocycles. The number of hydrogen-bond donors (Lipinski definition) is 1. The van der Waals surface area contributed by atoms with Crippen LogP contribution in [0.4, 0.5) is 13.2 Å². The van der Waals surface area contributed by atoms with E-state index in [0.717, 1.165) is 5.69 Å². The predicted octanol–water partition coefficient (Wildman–Crippen LogP) is 3.43. The van der Waals surface area contributed by atoms with Crippen molar-refractivity contribution in [2.24, 2.45) is 5.92 Å². The maximum absolute atomic E-state index is 13.3. The Labute approximate surface area is 170 Å². The zero-order valence-electron chi connectivity index (χ0n) is 16.4. The molecule has 7 nitrogen and oxygen atoms in total. The van der Waals surface area contributed by atoms with Crippen LogP contribution in [0, 0.1) is 5.92 Å². The number of amides is 1. The minimum atomic E-state index is -4.51. The standard InChI is InChI=1S/C20H20F3N5O2/c1-3-12-9-14(13-5-4-6-15(25-13)30-2)26-18-16(24-10-28(12)18)19(29)27-17(11-7-8-11)20(21,22)23/h4-6,9-11,17H,3,7-8H2,1-2H3,(H,27,29). The van der Waals surface area contributed by atoms with Gasteiger partial charge < -0.3 is 10.1 Å². The third-order valence-corrected chi connectivity index (χ3v) is 5.09. The van der Waals surface area contributed by atoms with Gasteiger partial charge in [-0.25, -0.2) is 15.0 Å². The molecule has 0 saturated heterocycles. The zero-order valence-corrected chi connectivity index (χ0v) is 16.4. The first kappa shape index (κ1) is 20.1. The van der Waals surface area contributed by atoms with Crippen molar-refractivity contribution in [2.45, 2.75) is 38.4 Å². The van der Waals surface area contributed by atoms with E-state index < -0.39 is 24.0 Å². The van der Waals surface area contributed by atoms with E-state index >= 15 is 0 Å². The van der Waals surface area contributed by atoms with Crippen molar-refractivity contribution in [3.63, 3.8) is 0 Å². The van der Waals surface area contributed by atoms with Gasteiger partial charge in [0.15, 0.2) is 11.3 Å². The van der Waals surface area contributed by atoms with Crippen LogP contribution in [0.1, 0.15) is 35.9 Å². The van der Waals surface area contributed by atoms with Crippen LogP contribution >= 0.6 is 0 Å². The molecule has 0 bridgehead atoms. The number of methoxy groups -OCH3 is 1. The fraction of sp³-hybridized carbons (Fsp3) is 0.400. The lowest BCUT2D eigenvalue weighted by atomic mass is 10.1. The highest BCUT2D eigenvalue weighted by Crippen LogP contribution is 2.40. The highest BCUT2D eigenvalue weighted by Gasteiger charge is 2.50. The Balaban J connectivity index is 1.75.